The maximum absolute atomic E-state index is 12.6. The maximum atomic E-state index is 12.6. The van der Waals surface area contributed by atoms with Gasteiger partial charge in [0.25, 0.3) is 5.91 Å². The smallest absolute Gasteiger partial charge is 0.254 e. The van der Waals surface area contributed by atoms with Crippen LogP contribution in [-0.2, 0) is 0 Å². The molecule has 2 aliphatic carbocycles. The van der Waals surface area contributed by atoms with E-state index in [-0.39, 0.29) is 5.91 Å². The van der Waals surface area contributed by atoms with Crippen LogP contribution in [0.25, 0.3) is 0 Å². The average Bonchev–Trinajstić information content (AvgIpc) is 3.26. The molecular formula is C15H20N2O. The van der Waals surface area contributed by atoms with Crippen molar-refractivity contribution in [2.75, 3.05) is 0 Å². The van der Waals surface area contributed by atoms with Crippen molar-refractivity contribution in [3.05, 3.63) is 30.1 Å². The van der Waals surface area contributed by atoms with Gasteiger partial charge in [-0.05, 0) is 37.8 Å². The SMILES string of the molecule is O=C(c1ccncc1)N(C1CCCCC1)C1CC1. The van der Waals surface area contributed by atoms with Gasteiger partial charge in [0.2, 0.25) is 0 Å². The number of carbonyl (C=O) groups is 1. The van der Waals surface area contributed by atoms with Gasteiger partial charge in [-0.2, -0.15) is 0 Å². The Kier molecular flexibility index (Phi) is 3.31. The van der Waals surface area contributed by atoms with Gasteiger partial charge in [-0.15, -0.1) is 0 Å². The van der Waals surface area contributed by atoms with Crippen molar-refractivity contribution in [1.29, 1.82) is 0 Å². The summed E-state index contributed by atoms with van der Waals surface area (Å²) in [6.45, 7) is 0. The molecule has 96 valence electrons. The van der Waals surface area contributed by atoms with E-state index in [4.69, 9.17) is 0 Å². The van der Waals surface area contributed by atoms with Gasteiger partial charge in [-0.1, -0.05) is 19.3 Å². The minimum Gasteiger partial charge on any atom is -0.333 e. The predicted molar refractivity (Wildman–Crippen MR) is 70.3 cm³/mol. The molecule has 0 unspecified atom stereocenters. The zero-order chi connectivity index (χ0) is 12.4. The molecule has 18 heavy (non-hydrogen) atoms. The first-order valence-electron chi connectivity index (χ1n) is 7.09. The van der Waals surface area contributed by atoms with Crippen molar-refractivity contribution in [2.24, 2.45) is 0 Å². The van der Waals surface area contributed by atoms with Crippen LogP contribution < -0.4 is 0 Å². The van der Waals surface area contributed by atoms with Gasteiger partial charge in [-0.3, -0.25) is 9.78 Å². The molecule has 1 heterocycles. The molecule has 0 aliphatic heterocycles. The van der Waals surface area contributed by atoms with Crippen LogP contribution >= 0.6 is 0 Å². The van der Waals surface area contributed by atoms with E-state index in [9.17, 15) is 4.79 Å². The molecule has 2 aliphatic rings. The molecule has 0 spiro atoms. The molecule has 2 saturated carbocycles. The molecule has 3 rings (SSSR count). The van der Waals surface area contributed by atoms with Crippen molar-refractivity contribution >= 4 is 5.91 Å². The Hall–Kier alpha value is -1.38. The van der Waals surface area contributed by atoms with Crippen LogP contribution in [0.4, 0.5) is 0 Å². The monoisotopic (exact) mass is 244 g/mol. The number of hydrogen-bond acceptors (Lipinski definition) is 2. The van der Waals surface area contributed by atoms with Gasteiger partial charge in [0.05, 0.1) is 0 Å². The quantitative estimate of drug-likeness (QED) is 0.819. The molecule has 3 nitrogen and oxygen atoms in total. The second-order valence-corrected chi connectivity index (χ2v) is 5.47. The number of rotatable bonds is 3. The predicted octanol–water partition coefficient (Wildman–Crippen LogP) is 3.02. The average molecular weight is 244 g/mol. The highest BCUT2D eigenvalue weighted by molar-refractivity contribution is 5.94. The van der Waals surface area contributed by atoms with Gasteiger partial charge in [0, 0.05) is 30.0 Å². The molecule has 0 N–H and O–H groups in total. The lowest BCUT2D eigenvalue weighted by Crippen LogP contribution is -2.43. The van der Waals surface area contributed by atoms with Crippen LogP contribution in [0.1, 0.15) is 55.3 Å². The number of aromatic nitrogens is 1. The highest BCUT2D eigenvalue weighted by Gasteiger charge is 2.37. The van der Waals surface area contributed by atoms with Crippen molar-refractivity contribution in [3.63, 3.8) is 0 Å². The number of nitrogens with zero attached hydrogens (tertiary/aromatic N) is 2. The molecule has 1 amide bonds. The van der Waals surface area contributed by atoms with Gasteiger partial charge in [-0.25, -0.2) is 0 Å². The van der Waals surface area contributed by atoms with E-state index in [1.807, 2.05) is 12.1 Å². The van der Waals surface area contributed by atoms with E-state index in [0.717, 1.165) is 5.56 Å². The summed E-state index contributed by atoms with van der Waals surface area (Å²) in [6.07, 6.45) is 12.0. The lowest BCUT2D eigenvalue weighted by Gasteiger charge is -2.34. The molecule has 0 saturated heterocycles. The van der Waals surface area contributed by atoms with E-state index in [2.05, 4.69) is 9.88 Å². The molecule has 3 heteroatoms. The van der Waals surface area contributed by atoms with E-state index in [1.165, 1.54) is 44.9 Å². The molecule has 2 fully saturated rings. The summed E-state index contributed by atoms with van der Waals surface area (Å²) >= 11 is 0. The Balaban J connectivity index is 1.79. The Morgan fingerprint density at radius 3 is 2.22 bits per heavy atom. The van der Waals surface area contributed by atoms with Crippen molar-refractivity contribution in [2.45, 2.75) is 57.0 Å². The molecule has 0 bridgehead atoms. The zero-order valence-corrected chi connectivity index (χ0v) is 10.7. The maximum Gasteiger partial charge on any atom is 0.254 e. The lowest BCUT2D eigenvalue weighted by molar-refractivity contribution is 0.0614. The van der Waals surface area contributed by atoms with Crippen molar-refractivity contribution < 1.29 is 4.79 Å². The topological polar surface area (TPSA) is 33.2 Å². The lowest BCUT2D eigenvalue weighted by atomic mass is 9.93. The van der Waals surface area contributed by atoms with Crippen LogP contribution in [0.5, 0.6) is 0 Å². The van der Waals surface area contributed by atoms with Crippen LogP contribution in [0.2, 0.25) is 0 Å². The van der Waals surface area contributed by atoms with Gasteiger partial charge in [0.15, 0.2) is 0 Å². The summed E-state index contributed by atoms with van der Waals surface area (Å²) in [7, 11) is 0. The standard InChI is InChI=1S/C15H20N2O/c18-15(12-8-10-16-11-9-12)17(14-6-7-14)13-4-2-1-3-5-13/h8-11,13-14H,1-7H2. The number of carbonyl (C=O) groups excluding carboxylic acids is 1. The minimum atomic E-state index is 0.215. The molecule has 0 radical (unpaired) electrons. The summed E-state index contributed by atoms with van der Waals surface area (Å²) < 4.78 is 0. The van der Waals surface area contributed by atoms with Gasteiger partial charge in [0.1, 0.15) is 0 Å². The molecule has 0 atom stereocenters. The summed E-state index contributed by atoms with van der Waals surface area (Å²) in [5.41, 5.74) is 0.794. The molecule has 1 aromatic heterocycles. The highest BCUT2D eigenvalue weighted by atomic mass is 16.2. The fourth-order valence-electron chi connectivity index (χ4n) is 2.99. The summed E-state index contributed by atoms with van der Waals surface area (Å²) in [5, 5.41) is 0. The van der Waals surface area contributed by atoms with Crippen LogP contribution in [0.3, 0.4) is 0 Å². The Bertz CT molecular complexity index is 408. The molecule has 1 aromatic rings. The van der Waals surface area contributed by atoms with E-state index in [0.29, 0.717) is 12.1 Å². The first kappa shape index (κ1) is 11.7. The normalized spacial score (nSPS) is 20.7. The number of pyridine rings is 1. The fraction of sp³-hybridized carbons (Fsp3) is 0.600. The summed E-state index contributed by atoms with van der Waals surface area (Å²) in [6, 6.07) is 4.65. The molecule has 0 aromatic carbocycles. The largest absolute Gasteiger partial charge is 0.333 e. The third kappa shape index (κ3) is 2.40. The zero-order valence-electron chi connectivity index (χ0n) is 10.7. The first-order chi connectivity index (χ1) is 8.86. The second kappa shape index (κ2) is 5.09. The molecular weight excluding hydrogens is 224 g/mol. The van der Waals surface area contributed by atoms with E-state index >= 15 is 0 Å². The second-order valence-electron chi connectivity index (χ2n) is 5.47. The third-order valence-electron chi connectivity index (χ3n) is 4.07. The van der Waals surface area contributed by atoms with Crippen LogP contribution in [0, 0.1) is 0 Å². The van der Waals surface area contributed by atoms with E-state index < -0.39 is 0 Å². The van der Waals surface area contributed by atoms with E-state index in [1.54, 1.807) is 12.4 Å². The summed E-state index contributed by atoms with van der Waals surface area (Å²) in [4.78, 5) is 18.8. The van der Waals surface area contributed by atoms with Gasteiger partial charge >= 0.3 is 0 Å². The third-order valence-corrected chi connectivity index (χ3v) is 4.07. The van der Waals surface area contributed by atoms with Crippen molar-refractivity contribution in [1.82, 2.24) is 9.88 Å². The minimum absolute atomic E-state index is 0.215. The Labute approximate surface area is 108 Å². The Morgan fingerprint density at radius 2 is 1.61 bits per heavy atom. The number of amides is 1. The number of hydrogen-bond donors (Lipinski definition) is 0. The van der Waals surface area contributed by atoms with Crippen molar-refractivity contribution in [3.8, 4) is 0 Å². The Morgan fingerprint density at radius 1 is 1.00 bits per heavy atom. The fourth-order valence-corrected chi connectivity index (χ4v) is 2.99. The highest BCUT2D eigenvalue weighted by Crippen LogP contribution is 2.34. The first-order valence-corrected chi connectivity index (χ1v) is 7.09. The summed E-state index contributed by atoms with van der Waals surface area (Å²) in [5.74, 6) is 0.215. The van der Waals surface area contributed by atoms with Crippen LogP contribution in [0.15, 0.2) is 24.5 Å². The van der Waals surface area contributed by atoms with Crippen LogP contribution in [-0.4, -0.2) is 27.9 Å². The van der Waals surface area contributed by atoms with Gasteiger partial charge < -0.3 is 4.90 Å².